The van der Waals surface area contributed by atoms with Crippen molar-refractivity contribution < 1.29 is 4.79 Å². The number of hydrogen-bond acceptors (Lipinski definition) is 4. The number of aldehydes is 1. The molecule has 0 spiro atoms. The van der Waals surface area contributed by atoms with Crippen LogP contribution in [0.5, 0.6) is 0 Å². The van der Waals surface area contributed by atoms with Crippen LogP contribution in [0.4, 0.5) is 0 Å². The molecular formula is C11H15N3O. The highest BCUT2D eigenvalue weighted by Crippen LogP contribution is 2.15. The number of aromatic nitrogens is 2. The van der Waals surface area contributed by atoms with E-state index in [-0.39, 0.29) is 0 Å². The first-order chi connectivity index (χ1) is 7.20. The molecule has 2 rings (SSSR count). The molecule has 1 aromatic heterocycles. The summed E-state index contributed by atoms with van der Waals surface area (Å²) >= 11 is 0. The van der Waals surface area contributed by atoms with Crippen molar-refractivity contribution in [1.82, 2.24) is 14.9 Å². The Morgan fingerprint density at radius 3 is 2.73 bits per heavy atom. The van der Waals surface area contributed by atoms with E-state index in [4.69, 9.17) is 0 Å². The fourth-order valence-electron chi connectivity index (χ4n) is 1.97. The van der Waals surface area contributed by atoms with Gasteiger partial charge < -0.3 is 4.90 Å². The first-order valence-electron chi connectivity index (χ1n) is 5.21. The average Bonchev–Trinajstić information content (AvgIpc) is 2.40. The molecule has 80 valence electrons. The lowest BCUT2D eigenvalue weighted by molar-refractivity contribution is 0.111. The zero-order valence-electron chi connectivity index (χ0n) is 9.16. The van der Waals surface area contributed by atoms with Crippen LogP contribution in [0.2, 0.25) is 0 Å². The molecule has 0 aliphatic carbocycles. The minimum atomic E-state index is 0.577. The van der Waals surface area contributed by atoms with Gasteiger partial charge >= 0.3 is 0 Å². The molecule has 0 aromatic carbocycles. The van der Waals surface area contributed by atoms with Crippen LogP contribution in [0.15, 0.2) is 0 Å². The molecule has 0 saturated heterocycles. The van der Waals surface area contributed by atoms with Crippen molar-refractivity contribution in [3.8, 4) is 0 Å². The van der Waals surface area contributed by atoms with Crippen molar-refractivity contribution >= 4 is 6.29 Å². The molecule has 1 aliphatic heterocycles. The van der Waals surface area contributed by atoms with Gasteiger partial charge in [0.25, 0.3) is 0 Å². The van der Waals surface area contributed by atoms with Crippen LogP contribution in [0, 0.1) is 6.92 Å². The summed E-state index contributed by atoms with van der Waals surface area (Å²) in [6, 6.07) is 0. The number of likely N-dealkylation sites (N-methyl/N-ethyl adjacent to an activating group) is 1. The summed E-state index contributed by atoms with van der Waals surface area (Å²) in [6.45, 7) is 3.81. The number of nitrogens with zero attached hydrogens (tertiary/aromatic N) is 3. The standard InChI is InChI=1S/C11H15N3O/c1-8-12-10-4-6-14(2)5-3-9(10)11(7-15)13-8/h7H,3-6H2,1-2H3. The van der Waals surface area contributed by atoms with Crippen molar-refractivity contribution in [1.29, 1.82) is 0 Å². The normalized spacial score (nSPS) is 16.9. The lowest BCUT2D eigenvalue weighted by Gasteiger charge is -2.10. The van der Waals surface area contributed by atoms with Crippen LogP contribution in [-0.4, -0.2) is 41.3 Å². The zero-order chi connectivity index (χ0) is 10.8. The predicted octanol–water partition coefficient (Wildman–Crippen LogP) is 0.628. The summed E-state index contributed by atoms with van der Waals surface area (Å²) in [4.78, 5) is 21.8. The first kappa shape index (κ1) is 10.2. The number of rotatable bonds is 1. The van der Waals surface area contributed by atoms with Crippen LogP contribution in [0.1, 0.15) is 27.6 Å². The molecule has 1 aromatic rings. The monoisotopic (exact) mass is 205 g/mol. The van der Waals surface area contributed by atoms with Crippen LogP contribution in [0.3, 0.4) is 0 Å². The van der Waals surface area contributed by atoms with Gasteiger partial charge in [0, 0.05) is 30.8 Å². The maximum Gasteiger partial charge on any atom is 0.168 e. The molecule has 0 unspecified atom stereocenters. The van der Waals surface area contributed by atoms with Crippen LogP contribution < -0.4 is 0 Å². The topological polar surface area (TPSA) is 46.1 Å². The SMILES string of the molecule is Cc1nc(C=O)c2c(n1)CCN(C)CC2. The number of aryl methyl sites for hydroxylation is 1. The molecule has 0 amide bonds. The molecule has 2 heterocycles. The summed E-state index contributed by atoms with van der Waals surface area (Å²) in [7, 11) is 2.09. The highest BCUT2D eigenvalue weighted by atomic mass is 16.1. The predicted molar refractivity (Wildman–Crippen MR) is 57.1 cm³/mol. The Balaban J connectivity index is 2.46. The zero-order valence-corrected chi connectivity index (χ0v) is 9.16. The summed E-state index contributed by atoms with van der Waals surface area (Å²) in [5.74, 6) is 0.695. The molecule has 0 radical (unpaired) electrons. The molecule has 4 heteroatoms. The third-order valence-electron chi connectivity index (χ3n) is 2.82. The Labute approximate surface area is 89.3 Å². The lowest BCUT2D eigenvalue weighted by atomic mass is 10.1. The lowest BCUT2D eigenvalue weighted by Crippen LogP contribution is -2.20. The van der Waals surface area contributed by atoms with Crippen molar-refractivity contribution in [2.45, 2.75) is 19.8 Å². The van der Waals surface area contributed by atoms with Crippen molar-refractivity contribution in [2.75, 3.05) is 20.1 Å². The van der Waals surface area contributed by atoms with Gasteiger partial charge in [-0.1, -0.05) is 0 Å². The Bertz CT molecular complexity index is 390. The summed E-state index contributed by atoms with van der Waals surface area (Å²) in [5, 5.41) is 0. The van der Waals surface area contributed by atoms with Crippen LogP contribution in [0.25, 0.3) is 0 Å². The van der Waals surface area contributed by atoms with Crippen LogP contribution >= 0.6 is 0 Å². The van der Waals surface area contributed by atoms with Crippen molar-refractivity contribution in [3.05, 3.63) is 22.8 Å². The fourth-order valence-corrected chi connectivity index (χ4v) is 1.97. The molecule has 0 N–H and O–H groups in total. The van der Waals surface area contributed by atoms with Gasteiger partial charge in [0.05, 0.1) is 0 Å². The Morgan fingerprint density at radius 1 is 1.27 bits per heavy atom. The van der Waals surface area contributed by atoms with Gasteiger partial charge in [-0.05, 0) is 20.4 Å². The van der Waals surface area contributed by atoms with Gasteiger partial charge in [-0.15, -0.1) is 0 Å². The minimum absolute atomic E-state index is 0.577. The molecular weight excluding hydrogens is 190 g/mol. The second kappa shape index (κ2) is 4.06. The highest BCUT2D eigenvalue weighted by Gasteiger charge is 2.16. The van der Waals surface area contributed by atoms with Crippen molar-refractivity contribution in [3.63, 3.8) is 0 Å². The van der Waals surface area contributed by atoms with Crippen LogP contribution in [-0.2, 0) is 12.8 Å². The minimum Gasteiger partial charge on any atom is -0.306 e. The molecule has 4 nitrogen and oxygen atoms in total. The molecule has 0 bridgehead atoms. The maximum absolute atomic E-state index is 10.9. The molecule has 0 saturated carbocycles. The van der Waals surface area contributed by atoms with E-state index in [0.29, 0.717) is 11.5 Å². The second-order valence-electron chi connectivity index (χ2n) is 4.00. The van der Waals surface area contributed by atoms with Gasteiger partial charge in [-0.25, -0.2) is 9.97 Å². The smallest absolute Gasteiger partial charge is 0.168 e. The molecule has 0 fully saturated rings. The van der Waals surface area contributed by atoms with Gasteiger partial charge in [-0.3, -0.25) is 4.79 Å². The summed E-state index contributed by atoms with van der Waals surface area (Å²) in [5.41, 5.74) is 2.67. The van der Waals surface area contributed by atoms with E-state index < -0.39 is 0 Å². The Hall–Kier alpha value is -1.29. The summed E-state index contributed by atoms with van der Waals surface area (Å²) in [6.07, 6.45) is 2.63. The van der Waals surface area contributed by atoms with E-state index >= 15 is 0 Å². The number of carbonyl (C=O) groups is 1. The highest BCUT2D eigenvalue weighted by molar-refractivity contribution is 5.74. The van der Waals surface area contributed by atoms with Gasteiger partial charge in [0.15, 0.2) is 6.29 Å². The molecule has 15 heavy (non-hydrogen) atoms. The molecule has 1 aliphatic rings. The van der Waals surface area contributed by atoms with E-state index in [1.807, 2.05) is 6.92 Å². The summed E-state index contributed by atoms with van der Waals surface area (Å²) < 4.78 is 0. The first-order valence-corrected chi connectivity index (χ1v) is 5.21. The van der Waals surface area contributed by atoms with Crippen molar-refractivity contribution in [2.24, 2.45) is 0 Å². The number of hydrogen-bond donors (Lipinski definition) is 0. The number of fused-ring (bicyclic) bond motifs is 1. The van der Waals surface area contributed by atoms with E-state index in [0.717, 1.165) is 43.5 Å². The van der Waals surface area contributed by atoms with E-state index in [1.54, 1.807) is 0 Å². The fraction of sp³-hybridized carbons (Fsp3) is 0.545. The Morgan fingerprint density at radius 2 is 2.00 bits per heavy atom. The van der Waals surface area contributed by atoms with E-state index in [9.17, 15) is 4.79 Å². The Kier molecular flexibility index (Phi) is 2.77. The molecule has 0 atom stereocenters. The number of carbonyl (C=O) groups excluding carboxylic acids is 1. The quantitative estimate of drug-likeness (QED) is 0.631. The van der Waals surface area contributed by atoms with Gasteiger partial charge in [0.2, 0.25) is 0 Å². The third-order valence-corrected chi connectivity index (χ3v) is 2.82. The van der Waals surface area contributed by atoms with E-state index in [1.165, 1.54) is 0 Å². The maximum atomic E-state index is 10.9. The largest absolute Gasteiger partial charge is 0.306 e. The van der Waals surface area contributed by atoms with Gasteiger partial charge in [0.1, 0.15) is 11.5 Å². The third kappa shape index (κ3) is 2.04. The average molecular weight is 205 g/mol. The second-order valence-corrected chi connectivity index (χ2v) is 4.00. The van der Waals surface area contributed by atoms with E-state index in [2.05, 4.69) is 21.9 Å². The van der Waals surface area contributed by atoms with Gasteiger partial charge in [-0.2, -0.15) is 0 Å².